The molecule has 2 aromatic rings. The second-order valence-electron chi connectivity index (χ2n) is 7.63. The highest BCUT2D eigenvalue weighted by molar-refractivity contribution is 7.99. The predicted molar refractivity (Wildman–Crippen MR) is 134 cm³/mol. The fourth-order valence-electron chi connectivity index (χ4n) is 3.51. The summed E-state index contributed by atoms with van der Waals surface area (Å²) in [7, 11) is 0. The molecular formula is C22H30Cl2N6OS. The lowest BCUT2D eigenvalue weighted by atomic mass is 10.2. The van der Waals surface area contributed by atoms with Gasteiger partial charge in [0.25, 0.3) is 0 Å². The van der Waals surface area contributed by atoms with Crippen LogP contribution in [-0.2, 0) is 4.79 Å². The van der Waals surface area contributed by atoms with E-state index in [9.17, 15) is 4.79 Å². The van der Waals surface area contributed by atoms with Gasteiger partial charge in [0.2, 0.25) is 5.91 Å². The minimum Gasteiger partial charge on any atom is -0.368 e. The van der Waals surface area contributed by atoms with Gasteiger partial charge in [-0.05, 0) is 37.6 Å². The molecule has 174 valence electrons. The topological polar surface area (TPSA) is 87.4 Å². The van der Waals surface area contributed by atoms with Crippen molar-refractivity contribution in [2.45, 2.75) is 30.8 Å². The molecule has 0 spiro atoms. The Morgan fingerprint density at radius 1 is 1.03 bits per heavy atom. The fraction of sp³-hybridized carbons (Fsp3) is 0.500. The third-order valence-electron chi connectivity index (χ3n) is 5.22. The maximum Gasteiger partial charge on any atom is 0.230 e. The smallest absolute Gasteiger partial charge is 0.230 e. The van der Waals surface area contributed by atoms with Gasteiger partial charge in [-0.1, -0.05) is 53.9 Å². The molecule has 1 aromatic carbocycles. The van der Waals surface area contributed by atoms with E-state index in [1.807, 2.05) is 18.2 Å². The average molecular weight is 497 g/mol. The van der Waals surface area contributed by atoms with Gasteiger partial charge in [-0.2, -0.15) is 0 Å². The first-order chi connectivity index (χ1) is 15.5. The van der Waals surface area contributed by atoms with Crippen LogP contribution in [0, 0.1) is 0 Å². The van der Waals surface area contributed by atoms with E-state index in [4.69, 9.17) is 28.9 Å². The molecule has 0 saturated carbocycles. The number of unbranched alkanes of at least 4 members (excludes halogenated alkanes) is 3. The van der Waals surface area contributed by atoms with Crippen molar-refractivity contribution in [2.24, 2.45) is 5.73 Å². The molecule has 2 heterocycles. The average Bonchev–Trinajstić information content (AvgIpc) is 2.80. The molecule has 1 fully saturated rings. The Balaban J connectivity index is 1.47. The lowest BCUT2D eigenvalue weighted by molar-refractivity contribution is -0.118. The monoisotopic (exact) mass is 496 g/mol. The molecule has 32 heavy (non-hydrogen) atoms. The van der Waals surface area contributed by atoms with E-state index >= 15 is 0 Å². The zero-order valence-electron chi connectivity index (χ0n) is 18.1. The maximum absolute atomic E-state index is 12.1. The molecule has 1 aliphatic heterocycles. The normalized spacial score (nSPS) is 14.0. The van der Waals surface area contributed by atoms with Crippen LogP contribution in [0.1, 0.15) is 25.7 Å². The number of anilines is 2. The molecule has 1 amide bonds. The van der Waals surface area contributed by atoms with Gasteiger partial charge in [0, 0.05) is 49.5 Å². The van der Waals surface area contributed by atoms with Crippen molar-refractivity contribution in [3.8, 4) is 0 Å². The quantitative estimate of drug-likeness (QED) is 0.211. The molecule has 0 radical (unpaired) electrons. The number of rotatable bonds is 11. The van der Waals surface area contributed by atoms with Crippen LogP contribution < -0.4 is 20.9 Å². The van der Waals surface area contributed by atoms with Crippen molar-refractivity contribution in [1.82, 2.24) is 15.3 Å². The van der Waals surface area contributed by atoms with Crippen LogP contribution in [0.15, 0.2) is 35.5 Å². The van der Waals surface area contributed by atoms with Crippen LogP contribution in [0.4, 0.5) is 11.5 Å². The Labute approximate surface area is 204 Å². The Morgan fingerprint density at radius 2 is 1.78 bits per heavy atom. The number of benzene rings is 1. The third kappa shape index (κ3) is 7.99. The van der Waals surface area contributed by atoms with Crippen LogP contribution in [0.5, 0.6) is 0 Å². The molecule has 0 aliphatic carbocycles. The number of carbonyl (C=O) groups is 1. The standard InChI is InChI=1S/C22H30Cl2N6OS/c23-17-6-5-7-18(14-17)29-10-12-30(13-11-29)20-15-19(24)27-22(28-20)32-16-21(31)26-9-4-2-1-3-8-25/h5-7,14-15H,1-4,8-13,16,25H2,(H,26,31). The van der Waals surface area contributed by atoms with Crippen LogP contribution in [0.3, 0.4) is 0 Å². The number of nitrogens with one attached hydrogen (secondary N) is 1. The van der Waals surface area contributed by atoms with Gasteiger partial charge in [0.1, 0.15) is 11.0 Å². The number of nitrogens with zero attached hydrogens (tertiary/aromatic N) is 4. The van der Waals surface area contributed by atoms with Crippen LogP contribution in [0.25, 0.3) is 0 Å². The molecule has 0 unspecified atom stereocenters. The van der Waals surface area contributed by atoms with E-state index in [2.05, 4.69) is 31.2 Å². The van der Waals surface area contributed by atoms with Crippen molar-refractivity contribution in [2.75, 3.05) is 54.8 Å². The summed E-state index contributed by atoms with van der Waals surface area (Å²) in [5.41, 5.74) is 6.61. The third-order valence-corrected chi connectivity index (χ3v) is 6.50. The number of hydrogen-bond acceptors (Lipinski definition) is 7. The lowest BCUT2D eigenvalue weighted by Crippen LogP contribution is -2.46. The molecule has 10 heteroatoms. The summed E-state index contributed by atoms with van der Waals surface area (Å²) in [4.78, 5) is 25.5. The Hall–Kier alpha value is -1.74. The van der Waals surface area contributed by atoms with Crippen molar-refractivity contribution in [3.05, 3.63) is 40.5 Å². The molecule has 3 N–H and O–H groups in total. The van der Waals surface area contributed by atoms with Crippen LogP contribution >= 0.6 is 35.0 Å². The van der Waals surface area contributed by atoms with Crippen molar-refractivity contribution in [1.29, 1.82) is 0 Å². The number of thioether (sulfide) groups is 1. The lowest BCUT2D eigenvalue weighted by Gasteiger charge is -2.36. The highest BCUT2D eigenvalue weighted by atomic mass is 35.5. The van der Waals surface area contributed by atoms with E-state index in [0.717, 1.165) is 74.9 Å². The van der Waals surface area contributed by atoms with Gasteiger partial charge in [-0.15, -0.1) is 0 Å². The van der Waals surface area contributed by atoms with Gasteiger partial charge in [-0.3, -0.25) is 4.79 Å². The predicted octanol–water partition coefficient (Wildman–Crippen LogP) is 3.84. The summed E-state index contributed by atoms with van der Waals surface area (Å²) in [6.45, 7) is 4.75. The number of aromatic nitrogens is 2. The summed E-state index contributed by atoms with van der Waals surface area (Å²) in [6, 6.07) is 9.69. The zero-order valence-corrected chi connectivity index (χ0v) is 20.4. The van der Waals surface area contributed by atoms with Gasteiger partial charge >= 0.3 is 0 Å². The van der Waals surface area contributed by atoms with Gasteiger partial charge in [0.05, 0.1) is 5.75 Å². The number of piperazine rings is 1. The van der Waals surface area contributed by atoms with Crippen molar-refractivity contribution in [3.63, 3.8) is 0 Å². The van der Waals surface area contributed by atoms with E-state index in [1.54, 1.807) is 6.07 Å². The summed E-state index contributed by atoms with van der Waals surface area (Å²) >= 11 is 13.7. The second kappa shape index (κ2) is 13.1. The first-order valence-corrected chi connectivity index (χ1v) is 12.7. The number of amides is 1. The summed E-state index contributed by atoms with van der Waals surface area (Å²) in [5, 5.41) is 4.58. The second-order valence-corrected chi connectivity index (χ2v) is 9.39. The first-order valence-electron chi connectivity index (χ1n) is 10.9. The van der Waals surface area contributed by atoms with Crippen LogP contribution in [0.2, 0.25) is 10.2 Å². The number of hydrogen-bond donors (Lipinski definition) is 2. The van der Waals surface area contributed by atoms with Crippen molar-refractivity contribution < 1.29 is 4.79 Å². The van der Waals surface area contributed by atoms with E-state index in [0.29, 0.717) is 16.9 Å². The summed E-state index contributed by atoms with van der Waals surface area (Å²) < 4.78 is 0. The van der Waals surface area contributed by atoms with E-state index in [1.165, 1.54) is 11.8 Å². The minimum atomic E-state index is -0.0194. The molecule has 0 atom stereocenters. The van der Waals surface area contributed by atoms with Gasteiger partial charge < -0.3 is 20.9 Å². The molecule has 7 nitrogen and oxygen atoms in total. The Bertz CT molecular complexity index is 879. The van der Waals surface area contributed by atoms with Crippen molar-refractivity contribution >= 4 is 52.4 Å². The van der Waals surface area contributed by atoms with E-state index in [-0.39, 0.29) is 11.7 Å². The molecule has 3 rings (SSSR count). The number of halogens is 2. The Kier molecular flexibility index (Phi) is 10.2. The summed E-state index contributed by atoms with van der Waals surface area (Å²) in [5.74, 6) is 1.04. The van der Waals surface area contributed by atoms with Gasteiger partial charge in [0.15, 0.2) is 5.16 Å². The number of carbonyl (C=O) groups excluding carboxylic acids is 1. The zero-order chi connectivity index (χ0) is 22.8. The van der Waals surface area contributed by atoms with E-state index < -0.39 is 0 Å². The fourth-order valence-corrected chi connectivity index (χ4v) is 4.61. The minimum absolute atomic E-state index is 0.0194. The molecular weight excluding hydrogens is 467 g/mol. The highest BCUT2D eigenvalue weighted by Gasteiger charge is 2.20. The largest absolute Gasteiger partial charge is 0.368 e. The molecule has 0 bridgehead atoms. The molecule has 1 saturated heterocycles. The molecule has 1 aliphatic rings. The number of nitrogens with two attached hydrogens (primary N) is 1. The highest BCUT2D eigenvalue weighted by Crippen LogP contribution is 2.25. The summed E-state index contributed by atoms with van der Waals surface area (Å²) in [6.07, 6.45) is 4.19. The Morgan fingerprint density at radius 3 is 2.53 bits per heavy atom. The van der Waals surface area contributed by atoms with Crippen LogP contribution in [-0.4, -0.2) is 60.9 Å². The maximum atomic E-state index is 12.1. The molecule has 1 aromatic heterocycles. The SMILES string of the molecule is NCCCCCCNC(=O)CSc1nc(Cl)cc(N2CCN(c3cccc(Cl)c3)CC2)n1. The first kappa shape index (κ1) is 24.9. The van der Waals surface area contributed by atoms with Gasteiger partial charge in [-0.25, -0.2) is 9.97 Å².